The lowest BCUT2D eigenvalue weighted by molar-refractivity contribution is -0.0869. The molecule has 0 radical (unpaired) electrons. The molecule has 1 saturated heterocycles. The van der Waals surface area contributed by atoms with E-state index in [-0.39, 0.29) is 18.3 Å². The summed E-state index contributed by atoms with van der Waals surface area (Å²) in [7, 11) is 0. The van der Waals surface area contributed by atoms with Gasteiger partial charge in [0.05, 0.1) is 18.3 Å². The van der Waals surface area contributed by atoms with Gasteiger partial charge in [-0.3, -0.25) is 0 Å². The molecule has 2 rings (SSSR count). The summed E-state index contributed by atoms with van der Waals surface area (Å²) in [5.74, 6) is 0.811. The molecule has 1 spiro atoms. The van der Waals surface area contributed by atoms with E-state index < -0.39 is 0 Å². The van der Waals surface area contributed by atoms with Crippen LogP contribution in [0.2, 0.25) is 0 Å². The zero-order valence-corrected chi connectivity index (χ0v) is 8.46. The molecule has 1 N–H and O–H groups in total. The summed E-state index contributed by atoms with van der Waals surface area (Å²) < 4.78 is 5.96. The van der Waals surface area contributed by atoms with Gasteiger partial charge in [0.1, 0.15) is 0 Å². The minimum Gasteiger partial charge on any atom is -0.394 e. The van der Waals surface area contributed by atoms with Crippen LogP contribution in [0.1, 0.15) is 45.4 Å². The first-order valence-corrected chi connectivity index (χ1v) is 5.53. The number of ether oxygens (including phenoxy) is 1. The average molecular weight is 184 g/mol. The molecule has 0 unspecified atom stereocenters. The fraction of sp³-hybridized carbons (Fsp3) is 1.00. The van der Waals surface area contributed by atoms with Gasteiger partial charge in [0.15, 0.2) is 0 Å². The summed E-state index contributed by atoms with van der Waals surface area (Å²) in [5.41, 5.74) is 0.158. The van der Waals surface area contributed by atoms with Gasteiger partial charge in [-0.05, 0) is 31.6 Å². The summed E-state index contributed by atoms with van der Waals surface area (Å²) >= 11 is 0. The lowest BCUT2D eigenvalue weighted by Gasteiger charge is -2.36. The second-order valence-electron chi connectivity index (χ2n) is 4.85. The topological polar surface area (TPSA) is 29.5 Å². The van der Waals surface area contributed by atoms with E-state index >= 15 is 0 Å². The predicted octanol–water partition coefficient (Wildman–Crippen LogP) is 2.11. The van der Waals surface area contributed by atoms with Crippen LogP contribution in [0.5, 0.6) is 0 Å². The van der Waals surface area contributed by atoms with E-state index in [4.69, 9.17) is 9.84 Å². The maximum Gasteiger partial charge on any atom is 0.0814 e. The van der Waals surface area contributed by atoms with Crippen molar-refractivity contribution in [1.82, 2.24) is 0 Å². The summed E-state index contributed by atoms with van der Waals surface area (Å²) in [4.78, 5) is 0. The van der Waals surface area contributed by atoms with Crippen LogP contribution in [-0.2, 0) is 4.74 Å². The van der Waals surface area contributed by atoms with Crippen LogP contribution in [0.3, 0.4) is 0 Å². The third-order valence-corrected chi connectivity index (χ3v) is 3.59. The Labute approximate surface area is 80.3 Å². The first-order chi connectivity index (χ1) is 6.24. The molecule has 1 aliphatic carbocycles. The fourth-order valence-corrected chi connectivity index (χ4v) is 2.97. The minimum atomic E-state index is 0.130. The molecule has 0 aromatic carbocycles. The number of aliphatic hydroxyl groups is 1. The van der Waals surface area contributed by atoms with Crippen molar-refractivity contribution < 1.29 is 9.84 Å². The first-order valence-electron chi connectivity index (χ1n) is 5.53. The van der Waals surface area contributed by atoms with Gasteiger partial charge >= 0.3 is 0 Å². The highest BCUT2D eigenvalue weighted by molar-refractivity contribution is 4.92. The lowest BCUT2D eigenvalue weighted by Crippen LogP contribution is -2.35. The van der Waals surface area contributed by atoms with Gasteiger partial charge in [0, 0.05) is 0 Å². The van der Waals surface area contributed by atoms with Crippen LogP contribution >= 0.6 is 0 Å². The van der Waals surface area contributed by atoms with E-state index in [1.807, 2.05) is 0 Å². The Morgan fingerprint density at radius 2 is 2.23 bits per heavy atom. The Balaban J connectivity index is 1.97. The molecule has 0 amide bonds. The average Bonchev–Trinajstić information content (AvgIpc) is 2.48. The molecule has 0 aromatic heterocycles. The molecule has 2 heteroatoms. The number of aliphatic hydroxyl groups excluding tert-OH is 1. The van der Waals surface area contributed by atoms with E-state index in [9.17, 15) is 0 Å². The molecule has 76 valence electrons. The zero-order chi connectivity index (χ0) is 9.31. The normalized spacial score (nSPS) is 45.7. The quantitative estimate of drug-likeness (QED) is 0.676. The summed E-state index contributed by atoms with van der Waals surface area (Å²) in [6.07, 6.45) is 7.45. The third kappa shape index (κ3) is 1.89. The smallest absolute Gasteiger partial charge is 0.0814 e. The molecule has 0 bridgehead atoms. The third-order valence-electron chi connectivity index (χ3n) is 3.59. The van der Waals surface area contributed by atoms with Crippen LogP contribution in [0.25, 0.3) is 0 Å². The molecular weight excluding hydrogens is 164 g/mol. The monoisotopic (exact) mass is 184 g/mol. The van der Waals surface area contributed by atoms with Crippen molar-refractivity contribution in [3.8, 4) is 0 Å². The maximum atomic E-state index is 9.02. The van der Waals surface area contributed by atoms with E-state index in [0.29, 0.717) is 0 Å². The Bertz CT molecular complexity index is 181. The lowest BCUT2D eigenvalue weighted by atomic mass is 9.77. The van der Waals surface area contributed by atoms with Gasteiger partial charge in [0.2, 0.25) is 0 Å². The van der Waals surface area contributed by atoms with Gasteiger partial charge in [-0.25, -0.2) is 0 Å². The van der Waals surface area contributed by atoms with E-state index in [0.717, 1.165) is 12.3 Å². The van der Waals surface area contributed by atoms with Crippen molar-refractivity contribution >= 4 is 0 Å². The van der Waals surface area contributed by atoms with Gasteiger partial charge in [-0.15, -0.1) is 0 Å². The number of hydrogen-bond acceptors (Lipinski definition) is 2. The Morgan fingerprint density at radius 3 is 2.85 bits per heavy atom. The van der Waals surface area contributed by atoms with Crippen molar-refractivity contribution in [3.63, 3.8) is 0 Å². The fourth-order valence-electron chi connectivity index (χ4n) is 2.97. The summed E-state index contributed by atoms with van der Waals surface area (Å²) in [6.45, 7) is 2.52. The molecule has 3 atom stereocenters. The van der Waals surface area contributed by atoms with Crippen molar-refractivity contribution in [2.24, 2.45) is 5.92 Å². The molecule has 0 aromatic rings. The SMILES string of the molecule is C[C@@H]1CCC[C@@]2(CC[C@@H](CO)O2)C1. The van der Waals surface area contributed by atoms with Crippen molar-refractivity contribution in [2.45, 2.75) is 57.2 Å². The van der Waals surface area contributed by atoms with Gasteiger partial charge in [-0.1, -0.05) is 19.8 Å². The second-order valence-corrected chi connectivity index (χ2v) is 4.85. The predicted molar refractivity (Wildman–Crippen MR) is 51.6 cm³/mol. The minimum absolute atomic E-state index is 0.130. The van der Waals surface area contributed by atoms with Crippen LogP contribution < -0.4 is 0 Å². The Morgan fingerprint density at radius 1 is 1.38 bits per heavy atom. The van der Waals surface area contributed by atoms with Crippen molar-refractivity contribution in [2.75, 3.05) is 6.61 Å². The molecular formula is C11H20O2. The van der Waals surface area contributed by atoms with E-state index in [1.165, 1.54) is 32.1 Å². The van der Waals surface area contributed by atoms with Gasteiger partial charge in [-0.2, -0.15) is 0 Å². The largest absolute Gasteiger partial charge is 0.394 e. The first kappa shape index (κ1) is 9.47. The standard InChI is InChI=1S/C11H20O2/c1-9-3-2-5-11(7-9)6-4-10(8-12)13-11/h9-10,12H,2-8H2,1H3/t9-,10+,11-/m1/s1. The molecule has 2 fully saturated rings. The van der Waals surface area contributed by atoms with Gasteiger partial charge in [0.25, 0.3) is 0 Å². The summed E-state index contributed by atoms with van der Waals surface area (Å²) in [6, 6.07) is 0. The van der Waals surface area contributed by atoms with Crippen LogP contribution in [0, 0.1) is 5.92 Å². The van der Waals surface area contributed by atoms with Crippen molar-refractivity contribution in [1.29, 1.82) is 0 Å². The Kier molecular flexibility index (Phi) is 2.61. The highest BCUT2D eigenvalue weighted by Crippen LogP contribution is 2.43. The molecule has 2 aliphatic rings. The summed E-state index contributed by atoms with van der Waals surface area (Å²) in [5, 5.41) is 9.02. The van der Waals surface area contributed by atoms with Crippen LogP contribution in [0.4, 0.5) is 0 Å². The molecule has 1 heterocycles. The zero-order valence-electron chi connectivity index (χ0n) is 8.46. The molecule has 13 heavy (non-hydrogen) atoms. The molecule has 2 nitrogen and oxygen atoms in total. The Hall–Kier alpha value is -0.0800. The maximum absolute atomic E-state index is 9.02. The second kappa shape index (κ2) is 3.58. The van der Waals surface area contributed by atoms with Crippen molar-refractivity contribution in [3.05, 3.63) is 0 Å². The van der Waals surface area contributed by atoms with Crippen LogP contribution in [0.15, 0.2) is 0 Å². The van der Waals surface area contributed by atoms with E-state index in [1.54, 1.807) is 0 Å². The molecule has 1 aliphatic heterocycles. The highest BCUT2D eigenvalue weighted by atomic mass is 16.5. The van der Waals surface area contributed by atoms with E-state index in [2.05, 4.69) is 6.92 Å². The number of hydrogen-bond donors (Lipinski definition) is 1. The highest BCUT2D eigenvalue weighted by Gasteiger charge is 2.42. The van der Waals surface area contributed by atoms with Gasteiger partial charge < -0.3 is 9.84 Å². The number of rotatable bonds is 1. The van der Waals surface area contributed by atoms with Crippen LogP contribution in [-0.4, -0.2) is 23.4 Å². The molecule has 1 saturated carbocycles.